The molecule has 0 spiro atoms. The molecule has 3 nitrogen and oxygen atoms in total. The minimum absolute atomic E-state index is 0.00667. The Morgan fingerprint density at radius 3 is 3.00 bits per heavy atom. The molecule has 0 saturated heterocycles. The van der Waals surface area contributed by atoms with Gasteiger partial charge in [-0.1, -0.05) is 19.1 Å². The van der Waals surface area contributed by atoms with Gasteiger partial charge >= 0.3 is 0 Å². The molecule has 0 fully saturated rings. The number of anilines is 1. The van der Waals surface area contributed by atoms with E-state index in [9.17, 15) is 4.79 Å². The van der Waals surface area contributed by atoms with Gasteiger partial charge in [0.15, 0.2) is 0 Å². The van der Waals surface area contributed by atoms with Gasteiger partial charge < -0.3 is 10.6 Å². The van der Waals surface area contributed by atoms with E-state index in [0.717, 1.165) is 31.5 Å². The molecule has 1 aromatic carbocycles. The zero-order valence-electron chi connectivity index (χ0n) is 10.5. The highest BCUT2D eigenvalue weighted by atomic mass is 16.1. The number of hydrogen-bond acceptors (Lipinski definition) is 2. The molecule has 2 rings (SSSR count). The standard InChI is InChI=1S/C14H20N2O/c1-3-15-12-7-8-13-11(9-12)5-4-6-14(13)16-10(2)17/h4-6,12,15H,3,7-9H2,1-2H3,(H,16,17). The van der Waals surface area contributed by atoms with Gasteiger partial charge in [-0.15, -0.1) is 0 Å². The van der Waals surface area contributed by atoms with E-state index in [1.165, 1.54) is 11.1 Å². The first-order valence-corrected chi connectivity index (χ1v) is 6.32. The van der Waals surface area contributed by atoms with Gasteiger partial charge in [-0.05, 0) is 43.0 Å². The quantitative estimate of drug-likeness (QED) is 0.838. The second kappa shape index (κ2) is 5.32. The average Bonchev–Trinajstić information content (AvgIpc) is 2.29. The molecule has 0 radical (unpaired) electrons. The molecule has 0 bridgehead atoms. The molecule has 1 aliphatic rings. The van der Waals surface area contributed by atoms with Crippen LogP contribution >= 0.6 is 0 Å². The molecule has 0 aliphatic heterocycles. The highest BCUT2D eigenvalue weighted by Gasteiger charge is 2.19. The molecule has 2 N–H and O–H groups in total. The highest BCUT2D eigenvalue weighted by molar-refractivity contribution is 5.89. The summed E-state index contributed by atoms with van der Waals surface area (Å²) in [4.78, 5) is 11.1. The molecule has 1 atom stereocenters. The maximum Gasteiger partial charge on any atom is 0.221 e. The van der Waals surface area contributed by atoms with Crippen molar-refractivity contribution in [2.75, 3.05) is 11.9 Å². The van der Waals surface area contributed by atoms with Crippen LogP contribution < -0.4 is 10.6 Å². The molecule has 1 unspecified atom stereocenters. The van der Waals surface area contributed by atoms with Crippen LogP contribution in [0.15, 0.2) is 18.2 Å². The lowest BCUT2D eigenvalue weighted by molar-refractivity contribution is -0.114. The van der Waals surface area contributed by atoms with Gasteiger partial charge in [0.25, 0.3) is 0 Å². The van der Waals surface area contributed by atoms with Gasteiger partial charge in [0.1, 0.15) is 0 Å². The second-order valence-electron chi connectivity index (χ2n) is 4.62. The lowest BCUT2D eigenvalue weighted by Gasteiger charge is -2.26. The summed E-state index contributed by atoms with van der Waals surface area (Å²) in [5.41, 5.74) is 3.68. The van der Waals surface area contributed by atoms with Gasteiger partial charge in [-0.25, -0.2) is 0 Å². The summed E-state index contributed by atoms with van der Waals surface area (Å²) in [6.07, 6.45) is 3.26. The average molecular weight is 232 g/mol. The fraction of sp³-hybridized carbons (Fsp3) is 0.500. The van der Waals surface area contributed by atoms with Gasteiger partial charge in [0.2, 0.25) is 5.91 Å². The van der Waals surface area contributed by atoms with Gasteiger partial charge in [-0.2, -0.15) is 0 Å². The first kappa shape index (κ1) is 12.1. The summed E-state index contributed by atoms with van der Waals surface area (Å²) < 4.78 is 0. The van der Waals surface area contributed by atoms with Crippen LogP contribution in [0.5, 0.6) is 0 Å². The van der Waals surface area contributed by atoms with Crippen molar-refractivity contribution in [1.82, 2.24) is 5.32 Å². The van der Waals surface area contributed by atoms with Crippen molar-refractivity contribution in [2.24, 2.45) is 0 Å². The predicted octanol–water partition coefficient (Wildman–Crippen LogP) is 2.11. The van der Waals surface area contributed by atoms with Crippen LogP contribution in [0.1, 0.15) is 31.4 Å². The van der Waals surface area contributed by atoms with Gasteiger partial charge in [-0.3, -0.25) is 4.79 Å². The number of hydrogen-bond donors (Lipinski definition) is 2. The fourth-order valence-electron chi connectivity index (χ4n) is 2.58. The van der Waals surface area contributed by atoms with Crippen molar-refractivity contribution in [2.45, 2.75) is 39.2 Å². The first-order chi connectivity index (χ1) is 8.20. The Morgan fingerprint density at radius 1 is 1.47 bits per heavy atom. The monoisotopic (exact) mass is 232 g/mol. The van der Waals surface area contributed by atoms with E-state index >= 15 is 0 Å². The topological polar surface area (TPSA) is 41.1 Å². The maximum absolute atomic E-state index is 11.1. The Labute approximate surface area is 103 Å². The maximum atomic E-state index is 11.1. The molecule has 3 heteroatoms. The third-order valence-electron chi connectivity index (χ3n) is 3.29. The Hall–Kier alpha value is -1.35. The molecular formula is C14H20N2O. The molecule has 92 valence electrons. The smallest absolute Gasteiger partial charge is 0.221 e. The van der Waals surface area contributed by atoms with E-state index in [1.54, 1.807) is 6.92 Å². The minimum Gasteiger partial charge on any atom is -0.326 e. The Balaban J connectivity index is 2.19. The number of carbonyl (C=O) groups excluding carboxylic acids is 1. The number of likely N-dealkylation sites (N-methyl/N-ethyl adjacent to an activating group) is 1. The van der Waals surface area contributed by atoms with Gasteiger partial charge in [0, 0.05) is 18.7 Å². The molecule has 1 amide bonds. The van der Waals surface area contributed by atoms with Crippen LogP contribution in [0.4, 0.5) is 5.69 Å². The molecule has 0 aromatic heterocycles. The molecule has 0 heterocycles. The van der Waals surface area contributed by atoms with E-state index in [1.807, 2.05) is 12.1 Å². The molecule has 0 saturated carbocycles. The van der Waals surface area contributed by atoms with Crippen molar-refractivity contribution in [3.63, 3.8) is 0 Å². The summed E-state index contributed by atoms with van der Waals surface area (Å²) in [6, 6.07) is 6.77. The van der Waals surface area contributed by atoms with E-state index in [0.29, 0.717) is 6.04 Å². The van der Waals surface area contributed by atoms with Crippen molar-refractivity contribution >= 4 is 11.6 Å². The van der Waals surface area contributed by atoms with Crippen LogP contribution in [-0.2, 0) is 17.6 Å². The summed E-state index contributed by atoms with van der Waals surface area (Å²) in [7, 11) is 0. The predicted molar refractivity (Wildman–Crippen MR) is 70.2 cm³/mol. The third-order valence-corrected chi connectivity index (χ3v) is 3.29. The second-order valence-corrected chi connectivity index (χ2v) is 4.62. The summed E-state index contributed by atoms with van der Waals surface area (Å²) in [5, 5.41) is 6.42. The third kappa shape index (κ3) is 2.86. The fourth-order valence-corrected chi connectivity index (χ4v) is 2.58. The zero-order chi connectivity index (χ0) is 12.3. The van der Waals surface area contributed by atoms with E-state index < -0.39 is 0 Å². The summed E-state index contributed by atoms with van der Waals surface area (Å²) >= 11 is 0. The highest BCUT2D eigenvalue weighted by Crippen LogP contribution is 2.28. The van der Waals surface area contributed by atoms with Crippen LogP contribution in [-0.4, -0.2) is 18.5 Å². The molecule has 17 heavy (non-hydrogen) atoms. The Kier molecular flexibility index (Phi) is 3.79. The van der Waals surface area contributed by atoms with Crippen LogP contribution in [0.3, 0.4) is 0 Å². The Morgan fingerprint density at radius 2 is 2.29 bits per heavy atom. The van der Waals surface area contributed by atoms with Crippen molar-refractivity contribution in [1.29, 1.82) is 0 Å². The van der Waals surface area contributed by atoms with Crippen LogP contribution in [0.2, 0.25) is 0 Å². The summed E-state index contributed by atoms with van der Waals surface area (Å²) in [5.74, 6) is 0.00667. The van der Waals surface area contributed by atoms with Gasteiger partial charge in [0.05, 0.1) is 0 Å². The normalized spacial score (nSPS) is 18.6. The number of fused-ring (bicyclic) bond motifs is 1. The lowest BCUT2D eigenvalue weighted by Crippen LogP contribution is -2.34. The van der Waals surface area contributed by atoms with E-state index in [4.69, 9.17) is 0 Å². The number of nitrogens with one attached hydrogen (secondary N) is 2. The molecular weight excluding hydrogens is 212 g/mol. The van der Waals surface area contributed by atoms with Crippen molar-refractivity contribution in [3.05, 3.63) is 29.3 Å². The van der Waals surface area contributed by atoms with E-state index in [-0.39, 0.29) is 5.91 Å². The number of amides is 1. The Bertz CT molecular complexity index is 415. The largest absolute Gasteiger partial charge is 0.326 e. The van der Waals surface area contributed by atoms with Crippen molar-refractivity contribution in [3.8, 4) is 0 Å². The minimum atomic E-state index is 0.00667. The number of carbonyl (C=O) groups is 1. The van der Waals surface area contributed by atoms with Crippen molar-refractivity contribution < 1.29 is 4.79 Å². The number of benzene rings is 1. The SMILES string of the molecule is CCNC1CCc2c(cccc2NC(C)=O)C1. The zero-order valence-corrected chi connectivity index (χ0v) is 10.5. The molecule has 1 aromatic rings. The lowest BCUT2D eigenvalue weighted by atomic mass is 9.87. The van der Waals surface area contributed by atoms with E-state index in [2.05, 4.69) is 23.6 Å². The van der Waals surface area contributed by atoms with Crippen LogP contribution in [0.25, 0.3) is 0 Å². The molecule has 1 aliphatic carbocycles. The number of rotatable bonds is 3. The summed E-state index contributed by atoms with van der Waals surface area (Å²) in [6.45, 7) is 4.72. The van der Waals surface area contributed by atoms with Crippen LogP contribution in [0, 0.1) is 0 Å². The first-order valence-electron chi connectivity index (χ1n) is 6.32.